The lowest BCUT2D eigenvalue weighted by atomic mass is 10.2. The minimum absolute atomic E-state index is 0.197. The van der Waals surface area contributed by atoms with E-state index in [2.05, 4.69) is 0 Å². The fourth-order valence-electron chi connectivity index (χ4n) is 0.231. The van der Waals surface area contributed by atoms with E-state index in [1.807, 2.05) is 20.8 Å². The molecule has 4 heteroatoms. The Kier molecular flexibility index (Phi) is 3.35. The van der Waals surface area contributed by atoms with Crippen molar-refractivity contribution < 1.29 is 4.43 Å². The normalized spacial score (nSPS) is 12.8. The Morgan fingerprint density at radius 2 is 1.62 bits per heavy atom. The van der Waals surface area contributed by atoms with E-state index in [9.17, 15) is 0 Å². The van der Waals surface area contributed by atoms with Gasteiger partial charge in [0, 0.05) is 0 Å². The number of rotatable bonds is 1. The van der Waals surface area contributed by atoms with E-state index in [1.165, 1.54) is 0 Å². The van der Waals surface area contributed by atoms with Gasteiger partial charge in [0.1, 0.15) is 0 Å². The van der Waals surface area contributed by atoms with Gasteiger partial charge in [-0.05, 0) is 20.8 Å². The van der Waals surface area contributed by atoms with Gasteiger partial charge >= 0.3 is 7.66 Å². The average Bonchev–Trinajstić information content (AvgIpc) is 1.21. The van der Waals surface area contributed by atoms with Gasteiger partial charge in [-0.15, -0.1) is 22.2 Å². The zero-order valence-electron chi connectivity index (χ0n) is 5.16. The summed E-state index contributed by atoms with van der Waals surface area (Å²) in [7, 11) is -1.55. The molecule has 0 unspecified atom stereocenters. The molecule has 0 rings (SSSR count). The molecule has 0 aromatic rings. The van der Waals surface area contributed by atoms with Crippen molar-refractivity contribution in [1.29, 1.82) is 0 Å². The van der Waals surface area contributed by atoms with E-state index in [0.717, 1.165) is 0 Å². The zero-order valence-corrected chi connectivity index (χ0v) is 7.68. The Morgan fingerprint density at radius 1 is 1.25 bits per heavy atom. The quantitative estimate of drug-likeness (QED) is 0.435. The molecule has 0 aliphatic heterocycles. The molecule has 1 radical (unpaired) electrons. The predicted octanol–water partition coefficient (Wildman–Crippen LogP) is 2.26. The van der Waals surface area contributed by atoms with Crippen LogP contribution in [0.2, 0.25) is 0 Å². The zero-order chi connectivity index (χ0) is 6.78. The van der Waals surface area contributed by atoms with Crippen LogP contribution in [0.4, 0.5) is 0 Å². The highest BCUT2D eigenvalue weighted by atomic mass is 35.7. The molecule has 0 atom stereocenters. The fourth-order valence-corrected chi connectivity index (χ4v) is 2.08. The lowest BCUT2D eigenvalue weighted by molar-refractivity contribution is 0.140. The molecule has 0 fully saturated rings. The Balaban J connectivity index is 3.39. The van der Waals surface area contributed by atoms with Crippen molar-refractivity contribution in [2.75, 3.05) is 0 Å². The van der Waals surface area contributed by atoms with Gasteiger partial charge in [-0.25, -0.2) is 0 Å². The summed E-state index contributed by atoms with van der Waals surface area (Å²) in [6.45, 7) is 5.76. The molecule has 0 aliphatic carbocycles. The smallest absolute Gasteiger partial charge is 0.386 e. The van der Waals surface area contributed by atoms with Crippen molar-refractivity contribution in [3.8, 4) is 0 Å². The van der Waals surface area contributed by atoms with Gasteiger partial charge in [-0.3, -0.25) is 0 Å². The summed E-state index contributed by atoms with van der Waals surface area (Å²) >= 11 is 10.8. The topological polar surface area (TPSA) is 9.23 Å². The van der Waals surface area contributed by atoms with Gasteiger partial charge in [0.05, 0.1) is 5.60 Å². The molecule has 0 bridgehead atoms. The van der Waals surface area contributed by atoms with Gasteiger partial charge in [0.2, 0.25) is 0 Å². The maximum atomic E-state index is 5.41. The fraction of sp³-hybridized carbons (Fsp3) is 1.00. The van der Waals surface area contributed by atoms with E-state index >= 15 is 0 Å². The summed E-state index contributed by atoms with van der Waals surface area (Å²) in [6.07, 6.45) is 0. The molecule has 1 nitrogen and oxygen atoms in total. The molecule has 0 aromatic heterocycles. The summed E-state index contributed by atoms with van der Waals surface area (Å²) < 4.78 is 5.07. The first kappa shape index (κ1) is 8.76. The van der Waals surface area contributed by atoms with E-state index in [0.29, 0.717) is 0 Å². The SMILES string of the molecule is CC(C)(C)O[Si](Cl)Cl. The maximum Gasteiger partial charge on any atom is 0.439 e. The second-order valence-electron chi connectivity index (χ2n) is 2.44. The third kappa shape index (κ3) is 6.76. The van der Waals surface area contributed by atoms with Crippen molar-refractivity contribution in [2.45, 2.75) is 26.4 Å². The first-order valence-electron chi connectivity index (χ1n) is 2.29. The van der Waals surface area contributed by atoms with Crippen LogP contribution < -0.4 is 0 Å². The highest BCUT2D eigenvalue weighted by Crippen LogP contribution is 2.12. The van der Waals surface area contributed by atoms with Crippen molar-refractivity contribution in [3.63, 3.8) is 0 Å². The van der Waals surface area contributed by atoms with Gasteiger partial charge in [-0.2, -0.15) is 0 Å². The molecule has 0 saturated heterocycles. The Labute approximate surface area is 61.1 Å². The first-order chi connectivity index (χ1) is 3.42. The molecule has 0 N–H and O–H groups in total. The van der Waals surface area contributed by atoms with Crippen LogP contribution in [0.1, 0.15) is 20.8 Å². The van der Waals surface area contributed by atoms with Gasteiger partial charge < -0.3 is 4.43 Å². The Bertz CT molecular complexity index is 68.9. The van der Waals surface area contributed by atoms with E-state index in [1.54, 1.807) is 0 Å². The van der Waals surface area contributed by atoms with Crippen LogP contribution in [-0.2, 0) is 4.43 Å². The number of hydrogen-bond acceptors (Lipinski definition) is 1. The third-order valence-corrected chi connectivity index (χ3v) is 1.61. The lowest BCUT2D eigenvalue weighted by Gasteiger charge is -2.18. The molecule has 0 aromatic carbocycles. The molecule has 0 heterocycles. The molecule has 0 saturated carbocycles. The number of halogens is 2. The van der Waals surface area contributed by atoms with Crippen LogP contribution in [0.5, 0.6) is 0 Å². The largest absolute Gasteiger partial charge is 0.439 e. The van der Waals surface area contributed by atoms with Crippen molar-refractivity contribution in [2.24, 2.45) is 0 Å². The molecule has 8 heavy (non-hydrogen) atoms. The van der Waals surface area contributed by atoms with Crippen LogP contribution >= 0.6 is 22.2 Å². The molecule has 49 valence electrons. The van der Waals surface area contributed by atoms with Crippen LogP contribution in [-0.4, -0.2) is 13.3 Å². The average molecular weight is 172 g/mol. The highest BCUT2D eigenvalue weighted by molar-refractivity contribution is 7.30. The molecule has 0 aliphatic rings. The second-order valence-corrected chi connectivity index (χ2v) is 5.74. The van der Waals surface area contributed by atoms with Gasteiger partial charge in [0.25, 0.3) is 0 Å². The minimum atomic E-state index is -1.55. The molecule has 0 amide bonds. The monoisotopic (exact) mass is 171 g/mol. The summed E-state index contributed by atoms with van der Waals surface area (Å²) in [5, 5.41) is 0. The summed E-state index contributed by atoms with van der Waals surface area (Å²) in [6, 6.07) is 0. The number of hydrogen-bond donors (Lipinski definition) is 0. The maximum absolute atomic E-state index is 5.41. The summed E-state index contributed by atoms with van der Waals surface area (Å²) in [5.41, 5.74) is -0.197. The van der Waals surface area contributed by atoms with E-state index in [-0.39, 0.29) is 5.60 Å². The van der Waals surface area contributed by atoms with E-state index in [4.69, 9.17) is 26.6 Å². The third-order valence-electron chi connectivity index (χ3n) is 0.383. The van der Waals surface area contributed by atoms with Crippen molar-refractivity contribution >= 4 is 29.8 Å². The predicted molar refractivity (Wildman–Crippen MR) is 38.3 cm³/mol. The van der Waals surface area contributed by atoms with Crippen molar-refractivity contribution in [1.82, 2.24) is 0 Å². The van der Waals surface area contributed by atoms with Gasteiger partial charge in [-0.1, -0.05) is 0 Å². The Morgan fingerprint density at radius 3 is 1.62 bits per heavy atom. The van der Waals surface area contributed by atoms with Crippen LogP contribution in [0.15, 0.2) is 0 Å². The summed E-state index contributed by atoms with van der Waals surface area (Å²) in [5.74, 6) is 0. The summed E-state index contributed by atoms with van der Waals surface area (Å²) in [4.78, 5) is 0. The first-order valence-corrected chi connectivity index (χ1v) is 5.72. The van der Waals surface area contributed by atoms with Crippen LogP contribution in [0.3, 0.4) is 0 Å². The minimum Gasteiger partial charge on any atom is -0.386 e. The standard InChI is InChI=1S/C4H9Cl2OSi/c1-4(2,3)7-8(5)6/h1-3H3. The highest BCUT2D eigenvalue weighted by Gasteiger charge is 2.16. The Hall–Kier alpha value is 0.757. The molecule has 0 spiro atoms. The van der Waals surface area contributed by atoms with Crippen LogP contribution in [0.25, 0.3) is 0 Å². The van der Waals surface area contributed by atoms with E-state index < -0.39 is 7.66 Å². The molecular weight excluding hydrogens is 163 g/mol. The van der Waals surface area contributed by atoms with Crippen molar-refractivity contribution in [3.05, 3.63) is 0 Å². The molecular formula is C4H9Cl2OSi. The van der Waals surface area contributed by atoms with Gasteiger partial charge in [0.15, 0.2) is 0 Å². The second kappa shape index (κ2) is 3.06. The lowest BCUT2D eigenvalue weighted by Crippen LogP contribution is -2.23. The van der Waals surface area contributed by atoms with Crippen LogP contribution in [0, 0.1) is 0 Å².